The molecule has 0 aliphatic rings. The standard InChI is InChI=1S/C23H44O5/c1-5-9-12-16-22(27,15-11-7-3)19-21(26)28-23(14-8-4,18-20(24)25)17-13-10-6-2/h27H,5-19H2,1-4H3,(H,24,25). The first-order valence-corrected chi connectivity index (χ1v) is 11.4. The lowest BCUT2D eigenvalue weighted by Gasteiger charge is -2.34. The molecule has 2 N–H and O–H groups in total. The highest BCUT2D eigenvalue weighted by atomic mass is 16.6. The molecular weight excluding hydrogens is 356 g/mol. The summed E-state index contributed by atoms with van der Waals surface area (Å²) >= 11 is 0. The van der Waals surface area contributed by atoms with Crippen LogP contribution in [0.15, 0.2) is 0 Å². The highest BCUT2D eigenvalue weighted by molar-refractivity contribution is 5.73. The van der Waals surface area contributed by atoms with Crippen LogP contribution in [-0.2, 0) is 14.3 Å². The number of carboxylic acids is 1. The Morgan fingerprint density at radius 1 is 0.714 bits per heavy atom. The number of carbonyl (C=O) groups excluding carboxylic acids is 1. The maximum atomic E-state index is 12.8. The van der Waals surface area contributed by atoms with Crippen LogP contribution in [0.25, 0.3) is 0 Å². The van der Waals surface area contributed by atoms with Crippen LogP contribution in [0.4, 0.5) is 0 Å². The zero-order chi connectivity index (χ0) is 21.5. The van der Waals surface area contributed by atoms with Crippen molar-refractivity contribution in [2.45, 2.75) is 135 Å². The van der Waals surface area contributed by atoms with Crippen LogP contribution in [0.1, 0.15) is 124 Å². The monoisotopic (exact) mass is 400 g/mol. The second kappa shape index (κ2) is 14.8. The van der Waals surface area contributed by atoms with Gasteiger partial charge >= 0.3 is 11.9 Å². The Bertz CT molecular complexity index is 437. The molecule has 5 nitrogen and oxygen atoms in total. The van der Waals surface area contributed by atoms with Crippen LogP contribution in [0.2, 0.25) is 0 Å². The van der Waals surface area contributed by atoms with Crippen LogP contribution in [0, 0.1) is 0 Å². The minimum absolute atomic E-state index is 0.0461. The summed E-state index contributed by atoms with van der Waals surface area (Å²) in [5.41, 5.74) is -2.01. The molecule has 0 saturated heterocycles. The average Bonchev–Trinajstić information content (AvgIpc) is 2.60. The smallest absolute Gasteiger partial charge is 0.309 e. The Hall–Kier alpha value is -1.10. The Morgan fingerprint density at radius 3 is 1.75 bits per heavy atom. The number of hydrogen-bond donors (Lipinski definition) is 2. The number of unbranched alkanes of at least 4 members (excludes halogenated alkanes) is 5. The van der Waals surface area contributed by atoms with Gasteiger partial charge in [0.05, 0.1) is 18.4 Å². The molecule has 166 valence electrons. The van der Waals surface area contributed by atoms with Gasteiger partial charge in [0.1, 0.15) is 5.60 Å². The van der Waals surface area contributed by atoms with Gasteiger partial charge in [-0.2, -0.15) is 0 Å². The Kier molecular flexibility index (Phi) is 14.3. The van der Waals surface area contributed by atoms with Crippen molar-refractivity contribution in [3.8, 4) is 0 Å². The summed E-state index contributed by atoms with van der Waals surface area (Å²) < 4.78 is 5.84. The third-order valence-corrected chi connectivity index (χ3v) is 5.46. The lowest BCUT2D eigenvalue weighted by molar-refractivity contribution is -0.172. The van der Waals surface area contributed by atoms with E-state index in [9.17, 15) is 19.8 Å². The summed E-state index contributed by atoms with van der Waals surface area (Å²) in [6.45, 7) is 8.25. The van der Waals surface area contributed by atoms with Crippen molar-refractivity contribution in [1.29, 1.82) is 0 Å². The first-order valence-electron chi connectivity index (χ1n) is 11.4. The third-order valence-electron chi connectivity index (χ3n) is 5.46. The molecule has 0 heterocycles. The Balaban J connectivity index is 5.21. The normalized spacial score (nSPS) is 15.6. The van der Waals surface area contributed by atoms with Crippen molar-refractivity contribution in [2.24, 2.45) is 0 Å². The van der Waals surface area contributed by atoms with E-state index in [0.29, 0.717) is 25.7 Å². The molecule has 0 rings (SSSR count). The minimum Gasteiger partial charge on any atom is -0.481 e. The number of hydrogen-bond acceptors (Lipinski definition) is 4. The number of aliphatic hydroxyl groups is 1. The number of rotatable bonds is 18. The number of aliphatic carboxylic acids is 1. The number of carboxylic acid groups (broad SMARTS) is 1. The predicted octanol–water partition coefficient (Wildman–Crippen LogP) is 6.02. The van der Waals surface area contributed by atoms with Gasteiger partial charge in [-0.05, 0) is 32.1 Å². The molecule has 0 radical (unpaired) electrons. The largest absolute Gasteiger partial charge is 0.481 e. The van der Waals surface area contributed by atoms with Crippen LogP contribution < -0.4 is 0 Å². The maximum Gasteiger partial charge on any atom is 0.309 e. The molecule has 0 bridgehead atoms. The highest BCUT2D eigenvalue weighted by Crippen LogP contribution is 2.32. The first-order chi connectivity index (χ1) is 13.3. The summed E-state index contributed by atoms with van der Waals surface area (Å²) in [4.78, 5) is 24.2. The summed E-state index contributed by atoms with van der Waals surface area (Å²) in [5, 5.41) is 20.4. The van der Waals surface area contributed by atoms with E-state index in [1.807, 2.05) is 6.92 Å². The molecule has 0 aromatic heterocycles. The lowest BCUT2D eigenvalue weighted by atomic mass is 9.86. The Labute approximate surface area is 172 Å². The van der Waals surface area contributed by atoms with Gasteiger partial charge in [0, 0.05) is 0 Å². The van der Waals surface area contributed by atoms with Crippen LogP contribution in [0.3, 0.4) is 0 Å². The minimum atomic E-state index is -1.05. The van der Waals surface area contributed by atoms with E-state index in [1.54, 1.807) is 0 Å². The van der Waals surface area contributed by atoms with E-state index in [1.165, 1.54) is 0 Å². The first kappa shape index (κ1) is 26.9. The predicted molar refractivity (Wildman–Crippen MR) is 113 cm³/mol. The molecule has 28 heavy (non-hydrogen) atoms. The fraction of sp³-hybridized carbons (Fsp3) is 0.913. The van der Waals surface area contributed by atoms with Gasteiger partial charge in [-0.3, -0.25) is 9.59 Å². The number of esters is 1. The highest BCUT2D eigenvalue weighted by Gasteiger charge is 2.38. The van der Waals surface area contributed by atoms with Crippen molar-refractivity contribution in [3.05, 3.63) is 0 Å². The molecule has 5 heteroatoms. The molecule has 2 atom stereocenters. The van der Waals surface area contributed by atoms with E-state index in [0.717, 1.165) is 57.8 Å². The third kappa shape index (κ3) is 11.7. The van der Waals surface area contributed by atoms with Crippen LogP contribution >= 0.6 is 0 Å². The van der Waals surface area contributed by atoms with Crippen molar-refractivity contribution in [2.75, 3.05) is 0 Å². The molecule has 0 saturated carbocycles. The summed E-state index contributed by atoms with van der Waals surface area (Å²) in [6.07, 6.45) is 10.5. The van der Waals surface area contributed by atoms with Gasteiger partial charge < -0.3 is 14.9 Å². The second-order valence-corrected chi connectivity index (χ2v) is 8.40. The summed E-state index contributed by atoms with van der Waals surface area (Å²) in [6, 6.07) is 0. The molecule has 0 aliphatic heterocycles. The van der Waals surface area contributed by atoms with Gasteiger partial charge in [-0.1, -0.05) is 79.1 Å². The fourth-order valence-corrected chi connectivity index (χ4v) is 3.93. The molecule has 0 aromatic rings. The molecule has 0 spiro atoms. The van der Waals surface area contributed by atoms with E-state index in [2.05, 4.69) is 20.8 Å². The molecule has 0 amide bonds. The van der Waals surface area contributed by atoms with Gasteiger partial charge in [0.15, 0.2) is 0 Å². The van der Waals surface area contributed by atoms with Crippen LogP contribution in [0.5, 0.6) is 0 Å². The van der Waals surface area contributed by atoms with Crippen molar-refractivity contribution in [3.63, 3.8) is 0 Å². The van der Waals surface area contributed by atoms with E-state index < -0.39 is 23.1 Å². The molecule has 0 aliphatic carbocycles. The van der Waals surface area contributed by atoms with E-state index >= 15 is 0 Å². The van der Waals surface area contributed by atoms with Crippen LogP contribution in [-0.4, -0.2) is 33.4 Å². The fourth-order valence-electron chi connectivity index (χ4n) is 3.93. The average molecular weight is 401 g/mol. The molecule has 2 unspecified atom stereocenters. The van der Waals surface area contributed by atoms with E-state index in [4.69, 9.17) is 4.74 Å². The zero-order valence-corrected chi connectivity index (χ0v) is 18.7. The summed E-state index contributed by atoms with van der Waals surface area (Å²) in [5.74, 6) is -1.40. The van der Waals surface area contributed by atoms with Gasteiger partial charge in [0.2, 0.25) is 0 Å². The van der Waals surface area contributed by atoms with E-state index in [-0.39, 0.29) is 12.8 Å². The van der Waals surface area contributed by atoms with Crippen molar-refractivity contribution >= 4 is 11.9 Å². The topological polar surface area (TPSA) is 83.8 Å². The molecular formula is C23H44O5. The number of carbonyl (C=O) groups is 2. The lowest BCUT2D eigenvalue weighted by Crippen LogP contribution is -2.41. The maximum absolute atomic E-state index is 12.8. The summed E-state index contributed by atoms with van der Waals surface area (Å²) in [7, 11) is 0. The van der Waals surface area contributed by atoms with Gasteiger partial charge in [0.25, 0.3) is 0 Å². The second-order valence-electron chi connectivity index (χ2n) is 8.40. The van der Waals surface area contributed by atoms with Gasteiger partial charge in [-0.25, -0.2) is 0 Å². The SMILES string of the molecule is CCCCCC(O)(CCCC)CC(=O)OC(CCC)(CCCCC)CC(=O)O. The molecule has 0 fully saturated rings. The molecule has 0 aromatic carbocycles. The quantitative estimate of drug-likeness (QED) is 0.217. The van der Waals surface area contributed by atoms with Crippen molar-refractivity contribution in [1.82, 2.24) is 0 Å². The zero-order valence-electron chi connectivity index (χ0n) is 18.7. The Morgan fingerprint density at radius 2 is 1.25 bits per heavy atom. The van der Waals surface area contributed by atoms with Gasteiger partial charge in [-0.15, -0.1) is 0 Å². The van der Waals surface area contributed by atoms with Crippen molar-refractivity contribution < 1.29 is 24.5 Å². The number of ether oxygens (including phenoxy) is 1.